The number of ether oxygens (including phenoxy) is 1. The van der Waals surface area contributed by atoms with Crippen molar-refractivity contribution in [1.82, 2.24) is 0 Å². The summed E-state index contributed by atoms with van der Waals surface area (Å²) in [4.78, 5) is 11.0. The van der Waals surface area contributed by atoms with Gasteiger partial charge in [0, 0.05) is 11.7 Å². The lowest BCUT2D eigenvalue weighted by molar-refractivity contribution is -0.909. The number of nitrogens with zero attached hydrogens (tertiary/aromatic N) is 1. The van der Waals surface area contributed by atoms with Gasteiger partial charge in [-0.05, 0) is 0 Å². The Kier molecular flexibility index (Phi) is 3.47. The normalized spacial score (nSPS) is 10.1. The minimum Gasteiger partial charge on any atom is -0.469 e. The summed E-state index contributed by atoms with van der Waals surface area (Å²) < 4.78 is 18.1. The molecule has 0 saturated carbocycles. The zero-order chi connectivity index (χ0) is 11.6. The quantitative estimate of drug-likeness (QED) is 0.472. The van der Waals surface area contributed by atoms with Gasteiger partial charge in [0.15, 0.2) is 0 Å². The lowest BCUT2D eigenvalue weighted by Gasteiger charge is -2.03. The van der Waals surface area contributed by atoms with Crippen LogP contribution in [0.1, 0.15) is 11.3 Å². The molecule has 0 atom stereocenters. The standard InChI is InChI=1S/C9H10ClFNO3/c1-5-6(3-8(13)15-2)9(10)7(11)4-12(5)14/h4,14H,3H2,1-2H3/q+1. The van der Waals surface area contributed by atoms with E-state index >= 15 is 0 Å². The van der Waals surface area contributed by atoms with Crippen LogP contribution in [0.3, 0.4) is 0 Å². The Morgan fingerprint density at radius 1 is 1.73 bits per heavy atom. The second kappa shape index (κ2) is 4.44. The molecular formula is C9H10ClFNO3+. The summed E-state index contributed by atoms with van der Waals surface area (Å²) in [6.45, 7) is 1.52. The van der Waals surface area contributed by atoms with Crippen molar-refractivity contribution in [3.8, 4) is 0 Å². The smallest absolute Gasteiger partial charge is 0.310 e. The first-order chi connectivity index (χ1) is 6.97. The van der Waals surface area contributed by atoms with Crippen molar-refractivity contribution in [1.29, 1.82) is 0 Å². The van der Waals surface area contributed by atoms with Crippen LogP contribution in [0.15, 0.2) is 6.20 Å². The van der Waals surface area contributed by atoms with E-state index in [9.17, 15) is 14.4 Å². The van der Waals surface area contributed by atoms with Crippen molar-refractivity contribution in [3.63, 3.8) is 0 Å². The topological polar surface area (TPSA) is 50.4 Å². The number of rotatable bonds is 2. The molecule has 82 valence electrons. The highest BCUT2D eigenvalue weighted by atomic mass is 35.5. The van der Waals surface area contributed by atoms with E-state index in [1.165, 1.54) is 14.0 Å². The third kappa shape index (κ3) is 2.36. The van der Waals surface area contributed by atoms with Crippen molar-refractivity contribution in [2.75, 3.05) is 7.11 Å². The van der Waals surface area contributed by atoms with Gasteiger partial charge >= 0.3 is 5.97 Å². The van der Waals surface area contributed by atoms with Gasteiger partial charge in [-0.1, -0.05) is 11.6 Å². The van der Waals surface area contributed by atoms with E-state index in [0.29, 0.717) is 10.4 Å². The molecule has 0 radical (unpaired) electrons. The van der Waals surface area contributed by atoms with Crippen LogP contribution in [0, 0.1) is 12.7 Å². The fourth-order valence-corrected chi connectivity index (χ4v) is 1.38. The number of pyridine rings is 1. The molecule has 0 aliphatic rings. The molecule has 15 heavy (non-hydrogen) atoms. The Labute approximate surface area is 90.8 Å². The fraction of sp³-hybridized carbons (Fsp3) is 0.333. The highest BCUT2D eigenvalue weighted by Crippen LogP contribution is 2.21. The Morgan fingerprint density at radius 3 is 2.87 bits per heavy atom. The summed E-state index contributed by atoms with van der Waals surface area (Å²) in [5, 5.41) is 9.08. The van der Waals surface area contributed by atoms with Crippen molar-refractivity contribution < 1.29 is 23.9 Å². The first-order valence-electron chi connectivity index (χ1n) is 4.12. The molecule has 1 N–H and O–H groups in total. The molecular weight excluding hydrogens is 225 g/mol. The molecule has 0 unspecified atom stereocenters. The number of hydrogen-bond acceptors (Lipinski definition) is 3. The van der Waals surface area contributed by atoms with Crippen LogP contribution in [0.2, 0.25) is 5.02 Å². The van der Waals surface area contributed by atoms with Gasteiger partial charge in [0.1, 0.15) is 0 Å². The van der Waals surface area contributed by atoms with Gasteiger partial charge in [-0.3, -0.25) is 10.0 Å². The van der Waals surface area contributed by atoms with Crippen LogP contribution < -0.4 is 4.73 Å². The largest absolute Gasteiger partial charge is 0.469 e. The number of methoxy groups -OCH3 is 1. The minimum absolute atomic E-state index is 0.178. The molecule has 1 rings (SSSR count). The van der Waals surface area contributed by atoms with E-state index in [-0.39, 0.29) is 17.0 Å². The number of carbonyl (C=O) groups excluding carboxylic acids is 1. The van der Waals surface area contributed by atoms with Gasteiger partial charge in [0.2, 0.25) is 11.5 Å². The van der Waals surface area contributed by atoms with Gasteiger partial charge in [-0.2, -0.15) is 4.39 Å². The van der Waals surface area contributed by atoms with Gasteiger partial charge in [0.05, 0.1) is 24.1 Å². The molecule has 1 aromatic heterocycles. The number of carbonyl (C=O) groups is 1. The van der Waals surface area contributed by atoms with E-state index < -0.39 is 11.8 Å². The zero-order valence-corrected chi connectivity index (χ0v) is 9.01. The number of hydrogen-bond donors (Lipinski definition) is 1. The van der Waals surface area contributed by atoms with Crippen LogP contribution in [0.4, 0.5) is 4.39 Å². The van der Waals surface area contributed by atoms with Crippen molar-refractivity contribution >= 4 is 17.6 Å². The van der Waals surface area contributed by atoms with E-state index in [0.717, 1.165) is 6.20 Å². The van der Waals surface area contributed by atoms with Crippen LogP contribution >= 0.6 is 11.6 Å². The summed E-state index contributed by atoms with van der Waals surface area (Å²) in [5.74, 6) is -1.34. The van der Waals surface area contributed by atoms with Crippen molar-refractivity contribution in [2.24, 2.45) is 0 Å². The molecule has 1 aromatic rings. The van der Waals surface area contributed by atoms with Crippen LogP contribution in [-0.2, 0) is 16.0 Å². The fourth-order valence-electron chi connectivity index (χ4n) is 1.12. The van der Waals surface area contributed by atoms with E-state index in [1.807, 2.05) is 0 Å². The predicted octanol–water partition coefficient (Wildman–Crippen LogP) is 1.03. The van der Waals surface area contributed by atoms with Gasteiger partial charge in [-0.25, -0.2) is 0 Å². The lowest BCUT2D eigenvalue weighted by Crippen LogP contribution is -2.36. The molecule has 6 heteroatoms. The lowest BCUT2D eigenvalue weighted by atomic mass is 10.1. The molecule has 0 spiro atoms. The van der Waals surface area contributed by atoms with Crippen molar-refractivity contribution in [3.05, 3.63) is 28.3 Å². The van der Waals surface area contributed by atoms with Gasteiger partial charge in [-0.15, -0.1) is 0 Å². The second-order valence-electron chi connectivity index (χ2n) is 2.95. The van der Waals surface area contributed by atoms with E-state index in [1.54, 1.807) is 0 Å². The maximum atomic E-state index is 13.1. The zero-order valence-electron chi connectivity index (χ0n) is 8.25. The Morgan fingerprint density at radius 2 is 2.33 bits per heavy atom. The molecule has 0 bridgehead atoms. The molecule has 0 aliphatic heterocycles. The Hall–Kier alpha value is -1.36. The molecule has 0 aromatic carbocycles. The van der Waals surface area contributed by atoms with Gasteiger partial charge < -0.3 is 4.74 Å². The number of esters is 1. The van der Waals surface area contributed by atoms with Gasteiger partial charge in [0.25, 0.3) is 6.20 Å². The summed E-state index contributed by atoms with van der Waals surface area (Å²) in [5.41, 5.74) is 0.512. The molecule has 0 aliphatic carbocycles. The first kappa shape index (κ1) is 11.7. The first-order valence-corrected chi connectivity index (χ1v) is 4.50. The van der Waals surface area contributed by atoms with E-state index in [2.05, 4.69) is 4.74 Å². The minimum atomic E-state index is -0.788. The predicted molar refractivity (Wildman–Crippen MR) is 49.2 cm³/mol. The highest BCUT2D eigenvalue weighted by Gasteiger charge is 2.22. The Balaban J connectivity index is 3.21. The molecule has 1 heterocycles. The average Bonchev–Trinajstić information content (AvgIpc) is 2.21. The third-order valence-electron chi connectivity index (χ3n) is 2.04. The highest BCUT2D eigenvalue weighted by molar-refractivity contribution is 6.31. The van der Waals surface area contributed by atoms with E-state index in [4.69, 9.17) is 11.6 Å². The summed E-state index contributed by atoms with van der Waals surface area (Å²) in [6, 6.07) is 0. The SMILES string of the molecule is COC(=O)Cc1c(Cl)c(F)c[n+](O)c1C. The maximum Gasteiger partial charge on any atom is 0.310 e. The summed E-state index contributed by atoms with van der Waals surface area (Å²) >= 11 is 5.66. The van der Waals surface area contributed by atoms with Crippen LogP contribution in [0.5, 0.6) is 0 Å². The monoisotopic (exact) mass is 234 g/mol. The number of aromatic nitrogens is 1. The van der Waals surface area contributed by atoms with Crippen LogP contribution in [0.25, 0.3) is 0 Å². The molecule has 4 nitrogen and oxygen atoms in total. The van der Waals surface area contributed by atoms with Crippen molar-refractivity contribution in [2.45, 2.75) is 13.3 Å². The average molecular weight is 235 g/mol. The summed E-state index contributed by atoms with van der Waals surface area (Å²) in [7, 11) is 1.22. The molecule has 0 fully saturated rings. The second-order valence-corrected chi connectivity index (χ2v) is 3.33. The molecule has 0 saturated heterocycles. The van der Waals surface area contributed by atoms with Crippen LogP contribution in [-0.4, -0.2) is 18.3 Å². The maximum absolute atomic E-state index is 13.1. The summed E-state index contributed by atoms with van der Waals surface area (Å²) in [6.07, 6.45) is 0.651. The Bertz CT molecular complexity index is 383. The molecule has 0 amide bonds. The third-order valence-corrected chi connectivity index (χ3v) is 2.45. The number of halogens is 2.